The van der Waals surface area contributed by atoms with Crippen LogP contribution in [0.3, 0.4) is 0 Å². The molecule has 5 nitrogen and oxygen atoms in total. The van der Waals surface area contributed by atoms with Gasteiger partial charge >= 0.3 is 10.2 Å². The van der Waals surface area contributed by atoms with Gasteiger partial charge in [-0.3, -0.25) is 4.31 Å². The first kappa shape index (κ1) is 14.1. The summed E-state index contributed by atoms with van der Waals surface area (Å²) in [6.07, 6.45) is 1.81. The molecule has 6 heteroatoms. The van der Waals surface area contributed by atoms with Crippen molar-refractivity contribution in [2.24, 2.45) is 5.92 Å². The zero-order valence-corrected chi connectivity index (χ0v) is 12.1. The molecule has 0 spiro atoms. The average molecular weight is 284 g/mol. The van der Waals surface area contributed by atoms with Crippen molar-refractivity contribution in [2.45, 2.75) is 19.8 Å². The summed E-state index contributed by atoms with van der Waals surface area (Å²) in [5.74, 6) is 0.715. The first-order chi connectivity index (χ1) is 8.91. The molecule has 0 atom stereocenters. The Kier molecular flexibility index (Phi) is 4.01. The summed E-state index contributed by atoms with van der Waals surface area (Å²) in [4.78, 5) is 0. The van der Waals surface area contributed by atoms with Gasteiger partial charge in [-0.25, -0.2) is 0 Å². The molecule has 2 rings (SSSR count). The van der Waals surface area contributed by atoms with Gasteiger partial charge in [0, 0.05) is 20.1 Å². The van der Waals surface area contributed by atoms with Crippen LogP contribution in [0.15, 0.2) is 24.3 Å². The molecule has 1 heterocycles. The van der Waals surface area contributed by atoms with Crippen LogP contribution in [0.4, 0.5) is 5.69 Å². The van der Waals surface area contributed by atoms with E-state index in [1.165, 1.54) is 20.7 Å². The maximum Gasteiger partial charge on any atom is 0.303 e. The minimum absolute atomic E-state index is 0.126. The molecule has 0 bridgehead atoms. The number of aromatic hydroxyl groups is 1. The number of hydrogen-bond acceptors (Lipinski definition) is 3. The second kappa shape index (κ2) is 5.38. The van der Waals surface area contributed by atoms with E-state index in [0.29, 0.717) is 24.7 Å². The number of benzene rings is 1. The van der Waals surface area contributed by atoms with Crippen LogP contribution in [0, 0.1) is 5.92 Å². The van der Waals surface area contributed by atoms with Gasteiger partial charge < -0.3 is 5.11 Å². The number of phenolic OH excluding ortho intramolecular Hbond substituents is 1. The summed E-state index contributed by atoms with van der Waals surface area (Å²) in [6.45, 7) is 3.30. The van der Waals surface area contributed by atoms with E-state index in [1.54, 1.807) is 19.2 Å². The Morgan fingerprint density at radius 3 is 2.26 bits per heavy atom. The van der Waals surface area contributed by atoms with Crippen molar-refractivity contribution < 1.29 is 13.5 Å². The summed E-state index contributed by atoms with van der Waals surface area (Å²) in [5.41, 5.74) is 0.552. The second-order valence-corrected chi connectivity index (χ2v) is 7.03. The monoisotopic (exact) mass is 284 g/mol. The third-order valence-corrected chi connectivity index (χ3v) is 5.55. The Bertz CT molecular complexity index is 519. The lowest BCUT2D eigenvalue weighted by Gasteiger charge is -2.33. The first-order valence-corrected chi connectivity index (χ1v) is 7.84. The van der Waals surface area contributed by atoms with Crippen molar-refractivity contribution in [1.82, 2.24) is 4.31 Å². The summed E-state index contributed by atoms with van der Waals surface area (Å²) in [5, 5.41) is 9.24. The molecule has 1 saturated heterocycles. The predicted molar refractivity (Wildman–Crippen MR) is 75.4 cm³/mol. The van der Waals surface area contributed by atoms with Crippen LogP contribution in [0.25, 0.3) is 0 Å². The molecule has 1 N–H and O–H groups in total. The molecule has 1 aliphatic rings. The molecule has 1 aromatic rings. The highest BCUT2D eigenvalue weighted by atomic mass is 32.2. The third kappa shape index (κ3) is 3.01. The SMILES string of the molecule is CC1CCN(S(=O)(=O)N(C)c2ccc(O)cc2)CC1. The highest BCUT2D eigenvalue weighted by Gasteiger charge is 2.30. The lowest BCUT2D eigenvalue weighted by atomic mass is 10.0. The van der Waals surface area contributed by atoms with Crippen LogP contribution in [-0.4, -0.2) is 38.0 Å². The van der Waals surface area contributed by atoms with Crippen LogP contribution >= 0.6 is 0 Å². The summed E-state index contributed by atoms with van der Waals surface area (Å²) >= 11 is 0. The van der Waals surface area contributed by atoms with Crippen LogP contribution in [0.1, 0.15) is 19.8 Å². The maximum atomic E-state index is 12.5. The first-order valence-electron chi connectivity index (χ1n) is 6.44. The Morgan fingerprint density at radius 1 is 1.21 bits per heavy atom. The average Bonchev–Trinajstić information content (AvgIpc) is 2.39. The topological polar surface area (TPSA) is 60.9 Å². The van der Waals surface area contributed by atoms with Crippen molar-refractivity contribution in [3.8, 4) is 5.75 Å². The number of nitrogens with zero attached hydrogens (tertiary/aromatic N) is 2. The predicted octanol–water partition coefficient (Wildman–Crippen LogP) is 1.81. The van der Waals surface area contributed by atoms with Gasteiger partial charge in [-0.15, -0.1) is 0 Å². The van der Waals surface area contributed by atoms with E-state index in [2.05, 4.69) is 6.92 Å². The van der Waals surface area contributed by atoms with Crippen LogP contribution < -0.4 is 4.31 Å². The molecule has 0 radical (unpaired) electrons. The summed E-state index contributed by atoms with van der Waals surface area (Å²) in [6, 6.07) is 6.16. The zero-order valence-electron chi connectivity index (χ0n) is 11.3. The van der Waals surface area contributed by atoms with Gasteiger partial charge in [-0.2, -0.15) is 12.7 Å². The largest absolute Gasteiger partial charge is 0.508 e. The van der Waals surface area contributed by atoms with E-state index >= 15 is 0 Å². The van der Waals surface area contributed by atoms with Gasteiger partial charge in [-0.1, -0.05) is 6.92 Å². The number of phenols is 1. The number of rotatable bonds is 3. The summed E-state index contributed by atoms with van der Waals surface area (Å²) in [7, 11) is -1.92. The fraction of sp³-hybridized carbons (Fsp3) is 0.538. The van der Waals surface area contributed by atoms with Gasteiger partial charge in [0.1, 0.15) is 5.75 Å². The number of anilines is 1. The third-order valence-electron chi connectivity index (χ3n) is 3.63. The van der Waals surface area contributed by atoms with Gasteiger partial charge in [0.25, 0.3) is 0 Å². The van der Waals surface area contributed by atoms with Crippen LogP contribution in [0.2, 0.25) is 0 Å². The quantitative estimate of drug-likeness (QED) is 0.920. The molecule has 19 heavy (non-hydrogen) atoms. The summed E-state index contributed by atoms with van der Waals surface area (Å²) < 4.78 is 27.7. The standard InChI is InChI=1S/C13H20N2O3S/c1-11-7-9-15(10-8-11)19(17,18)14(2)12-3-5-13(16)6-4-12/h3-6,11,16H,7-10H2,1-2H3. The normalized spacial score (nSPS) is 18.4. The zero-order chi connectivity index (χ0) is 14.0. The lowest BCUT2D eigenvalue weighted by Crippen LogP contribution is -2.45. The van der Waals surface area contributed by atoms with Gasteiger partial charge in [0.15, 0.2) is 0 Å². The van der Waals surface area contributed by atoms with Crippen molar-refractivity contribution in [3.05, 3.63) is 24.3 Å². The van der Waals surface area contributed by atoms with Crippen molar-refractivity contribution in [1.29, 1.82) is 0 Å². The Morgan fingerprint density at radius 2 is 1.74 bits per heavy atom. The molecule has 1 aliphatic heterocycles. The van der Waals surface area contributed by atoms with E-state index in [-0.39, 0.29) is 5.75 Å². The molecule has 0 amide bonds. The molecule has 106 valence electrons. The van der Waals surface area contributed by atoms with E-state index in [0.717, 1.165) is 12.8 Å². The minimum Gasteiger partial charge on any atom is -0.508 e. The van der Waals surface area contributed by atoms with E-state index < -0.39 is 10.2 Å². The van der Waals surface area contributed by atoms with Crippen LogP contribution in [0.5, 0.6) is 5.75 Å². The highest BCUT2D eigenvalue weighted by molar-refractivity contribution is 7.90. The smallest absolute Gasteiger partial charge is 0.303 e. The number of piperidine rings is 1. The van der Waals surface area contributed by atoms with Gasteiger partial charge in [0.2, 0.25) is 0 Å². The molecule has 1 fully saturated rings. The Balaban J connectivity index is 2.17. The fourth-order valence-electron chi connectivity index (χ4n) is 2.18. The molecular weight excluding hydrogens is 264 g/mol. The van der Waals surface area contributed by atoms with Crippen molar-refractivity contribution in [2.75, 3.05) is 24.4 Å². The van der Waals surface area contributed by atoms with Crippen molar-refractivity contribution >= 4 is 15.9 Å². The Labute approximate surface area is 114 Å². The Hall–Kier alpha value is -1.27. The molecule has 0 saturated carbocycles. The fourth-order valence-corrected chi connectivity index (χ4v) is 3.59. The van der Waals surface area contributed by atoms with Gasteiger partial charge in [0.05, 0.1) is 5.69 Å². The molecular formula is C13H20N2O3S. The van der Waals surface area contributed by atoms with E-state index in [1.807, 2.05) is 0 Å². The van der Waals surface area contributed by atoms with E-state index in [4.69, 9.17) is 0 Å². The lowest BCUT2D eigenvalue weighted by molar-refractivity contribution is 0.287. The van der Waals surface area contributed by atoms with E-state index in [9.17, 15) is 13.5 Å². The molecule has 1 aromatic carbocycles. The second-order valence-electron chi connectivity index (χ2n) is 5.07. The highest BCUT2D eigenvalue weighted by Crippen LogP contribution is 2.24. The minimum atomic E-state index is -3.47. The maximum absolute atomic E-state index is 12.5. The van der Waals surface area contributed by atoms with Crippen molar-refractivity contribution in [3.63, 3.8) is 0 Å². The van der Waals surface area contributed by atoms with Crippen LogP contribution in [-0.2, 0) is 10.2 Å². The van der Waals surface area contributed by atoms with Gasteiger partial charge in [-0.05, 0) is 43.0 Å². The number of hydrogen-bond donors (Lipinski definition) is 1. The molecule has 0 aromatic heterocycles. The molecule has 0 unspecified atom stereocenters. The molecule has 0 aliphatic carbocycles.